The Morgan fingerprint density at radius 2 is 2.13 bits per heavy atom. The Balaban J connectivity index is 1.63. The highest BCUT2D eigenvalue weighted by Crippen LogP contribution is 2.17. The van der Waals surface area contributed by atoms with E-state index in [1.165, 1.54) is 12.8 Å². The van der Waals surface area contributed by atoms with Crippen molar-refractivity contribution in [2.45, 2.75) is 57.7 Å². The zero-order chi connectivity index (χ0) is 16.3. The number of nitrogens with one attached hydrogen (secondary N) is 1. The van der Waals surface area contributed by atoms with Gasteiger partial charge in [0.05, 0.1) is 18.8 Å². The lowest BCUT2D eigenvalue weighted by atomic mass is 10.1. The maximum atomic E-state index is 6.08. The van der Waals surface area contributed by atoms with Crippen LogP contribution in [0.4, 0.5) is 0 Å². The van der Waals surface area contributed by atoms with Gasteiger partial charge in [-0.05, 0) is 45.4 Å². The predicted octanol–water partition coefficient (Wildman–Crippen LogP) is 2.58. The third-order valence-corrected chi connectivity index (χ3v) is 4.57. The van der Waals surface area contributed by atoms with Gasteiger partial charge in [-0.1, -0.05) is 12.2 Å². The number of hydrogen-bond donors (Lipinski definition) is 1. The number of likely N-dealkylation sites (tertiary alicyclic amines) is 1. The summed E-state index contributed by atoms with van der Waals surface area (Å²) in [5, 5.41) is 3.44. The van der Waals surface area contributed by atoms with Crippen molar-refractivity contribution in [3.05, 3.63) is 12.2 Å². The molecule has 2 aliphatic rings. The van der Waals surface area contributed by atoms with Crippen molar-refractivity contribution >= 4 is 5.96 Å². The third kappa shape index (κ3) is 6.51. The van der Waals surface area contributed by atoms with E-state index in [2.05, 4.69) is 34.3 Å². The van der Waals surface area contributed by atoms with Crippen molar-refractivity contribution in [2.75, 3.05) is 39.9 Å². The molecule has 2 fully saturated rings. The fourth-order valence-corrected chi connectivity index (χ4v) is 3.18. The number of hydrogen-bond acceptors (Lipinski definition) is 3. The topological polar surface area (TPSA) is 46.1 Å². The molecule has 0 saturated carbocycles. The molecule has 132 valence electrons. The van der Waals surface area contributed by atoms with Gasteiger partial charge in [0.2, 0.25) is 0 Å². The standard InChI is InChI=1S/C18H33N3O2/c1-3-4-6-11-20-18(19-2)21-12-9-16(10-13-21)23-15-17-8-5-7-14-22-17/h3-4,16-17H,5-15H2,1-2H3,(H,19,20)/b4-3+. The van der Waals surface area contributed by atoms with Gasteiger partial charge in [0, 0.05) is 33.3 Å². The Bertz CT molecular complexity index is 370. The molecule has 0 aliphatic carbocycles. The van der Waals surface area contributed by atoms with Crippen molar-refractivity contribution in [3.63, 3.8) is 0 Å². The van der Waals surface area contributed by atoms with Gasteiger partial charge in [-0.15, -0.1) is 0 Å². The Kier molecular flexibility index (Phi) is 8.47. The summed E-state index contributed by atoms with van der Waals surface area (Å²) in [7, 11) is 1.86. The second-order valence-electron chi connectivity index (χ2n) is 6.34. The summed E-state index contributed by atoms with van der Waals surface area (Å²) in [6, 6.07) is 0. The molecular formula is C18H33N3O2. The summed E-state index contributed by atoms with van der Waals surface area (Å²) in [6.07, 6.45) is 11.8. The van der Waals surface area contributed by atoms with E-state index >= 15 is 0 Å². The minimum atomic E-state index is 0.322. The summed E-state index contributed by atoms with van der Waals surface area (Å²) in [5.41, 5.74) is 0. The lowest BCUT2D eigenvalue weighted by Gasteiger charge is -2.35. The summed E-state index contributed by atoms with van der Waals surface area (Å²) in [6.45, 7) is 6.69. The predicted molar refractivity (Wildman–Crippen MR) is 94.9 cm³/mol. The van der Waals surface area contributed by atoms with Crippen LogP contribution in [0.1, 0.15) is 45.4 Å². The van der Waals surface area contributed by atoms with Crippen LogP contribution in [0.2, 0.25) is 0 Å². The molecule has 0 aromatic rings. The van der Waals surface area contributed by atoms with Gasteiger partial charge in [-0.3, -0.25) is 4.99 Å². The SMILES string of the molecule is C/C=C/CCNC(=NC)N1CCC(OCC2CCCCO2)CC1. The first-order valence-corrected chi connectivity index (χ1v) is 9.13. The Morgan fingerprint density at radius 3 is 2.78 bits per heavy atom. The Hall–Kier alpha value is -1.07. The van der Waals surface area contributed by atoms with Gasteiger partial charge in [-0.2, -0.15) is 0 Å². The number of guanidine groups is 1. The van der Waals surface area contributed by atoms with E-state index in [0.29, 0.717) is 12.2 Å². The fraction of sp³-hybridized carbons (Fsp3) is 0.833. The molecule has 0 amide bonds. The molecule has 1 N–H and O–H groups in total. The van der Waals surface area contributed by atoms with Crippen LogP contribution < -0.4 is 5.32 Å². The number of piperidine rings is 1. The summed E-state index contributed by atoms with van der Waals surface area (Å²) < 4.78 is 11.8. The number of nitrogens with zero attached hydrogens (tertiary/aromatic N) is 2. The lowest BCUT2D eigenvalue weighted by Crippen LogP contribution is -2.47. The molecule has 5 heteroatoms. The smallest absolute Gasteiger partial charge is 0.193 e. The largest absolute Gasteiger partial charge is 0.376 e. The second-order valence-corrected chi connectivity index (χ2v) is 6.34. The van der Waals surface area contributed by atoms with Crippen LogP contribution in [0.25, 0.3) is 0 Å². The maximum absolute atomic E-state index is 6.08. The minimum Gasteiger partial charge on any atom is -0.376 e. The molecule has 2 saturated heterocycles. The molecule has 0 radical (unpaired) electrons. The van der Waals surface area contributed by atoms with E-state index in [-0.39, 0.29) is 0 Å². The molecule has 1 unspecified atom stereocenters. The molecule has 0 aromatic carbocycles. The molecule has 2 aliphatic heterocycles. The molecule has 2 rings (SSSR count). The number of rotatable bonds is 6. The molecule has 2 heterocycles. The van der Waals surface area contributed by atoms with Crippen molar-refractivity contribution < 1.29 is 9.47 Å². The van der Waals surface area contributed by atoms with Gasteiger partial charge in [-0.25, -0.2) is 0 Å². The molecule has 0 bridgehead atoms. The van der Waals surface area contributed by atoms with E-state index < -0.39 is 0 Å². The molecule has 5 nitrogen and oxygen atoms in total. The average Bonchev–Trinajstić information content (AvgIpc) is 2.62. The summed E-state index contributed by atoms with van der Waals surface area (Å²) in [4.78, 5) is 6.74. The third-order valence-electron chi connectivity index (χ3n) is 4.57. The van der Waals surface area contributed by atoms with Crippen LogP contribution in [0, 0.1) is 0 Å². The zero-order valence-electron chi connectivity index (χ0n) is 14.8. The van der Waals surface area contributed by atoms with E-state index in [1.54, 1.807) is 0 Å². The first-order chi connectivity index (χ1) is 11.3. The van der Waals surface area contributed by atoms with Crippen molar-refractivity contribution in [1.82, 2.24) is 10.2 Å². The minimum absolute atomic E-state index is 0.322. The highest BCUT2D eigenvalue weighted by atomic mass is 16.5. The Labute approximate surface area is 141 Å². The van der Waals surface area contributed by atoms with Gasteiger partial charge in [0.15, 0.2) is 5.96 Å². The van der Waals surface area contributed by atoms with E-state index in [0.717, 1.165) is 64.5 Å². The maximum Gasteiger partial charge on any atom is 0.193 e. The molecule has 23 heavy (non-hydrogen) atoms. The monoisotopic (exact) mass is 323 g/mol. The molecule has 0 spiro atoms. The quantitative estimate of drug-likeness (QED) is 0.353. The number of ether oxygens (including phenoxy) is 2. The first kappa shape index (κ1) is 18.3. The Morgan fingerprint density at radius 1 is 1.30 bits per heavy atom. The summed E-state index contributed by atoms with van der Waals surface area (Å²) >= 11 is 0. The average molecular weight is 323 g/mol. The van der Waals surface area contributed by atoms with Gasteiger partial charge in [0.1, 0.15) is 0 Å². The number of aliphatic imine (C=N–C) groups is 1. The van der Waals surface area contributed by atoms with Crippen LogP contribution in [0.15, 0.2) is 17.1 Å². The van der Waals surface area contributed by atoms with Crippen molar-refractivity contribution in [2.24, 2.45) is 4.99 Å². The number of allylic oxidation sites excluding steroid dienone is 1. The van der Waals surface area contributed by atoms with Crippen LogP contribution in [-0.4, -0.2) is 63.0 Å². The van der Waals surface area contributed by atoms with E-state index in [1.807, 2.05) is 7.05 Å². The van der Waals surface area contributed by atoms with E-state index in [9.17, 15) is 0 Å². The molecular weight excluding hydrogens is 290 g/mol. The normalized spacial score (nSPS) is 24.3. The second kappa shape index (κ2) is 10.7. The van der Waals surface area contributed by atoms with E-state index in [4.69, 9.17) is 9.47 Å². The van der Waals surface area contributed by atoms with Crippen LogP contribution >= 0.6 is 0 Å². The summed E-state index contributed by atoms with van der Waals surface area (Å²) in [5.74, 6) is 1.02. The van der Waals surface area contributed by atoms with Crippen LogP contribution in [-0.2, 0) is 9.47 Å². The molecule has 0 aromatic heterocycles. The lowest BCUT2D eigenvalue weighted by molar-refractivity contribution is -0.0721. The van der Waals surface area contributed by atoms with Gasteiger partial charge in [0.25, 0.3) is 0 Å². The first-order valence-electron chi connectivity index (χ1n) is 9.13. The fourth-order valence-electron chi connectivity index (χ4n) is 3.18. The van der Waals surface area contributed by atoms with Gasteiger partial charge >= 0.3 is 0 Å². The van der Waals surface area contributed by atoms with Crippen LogP contribution in [0.3, 0.4) is 0 Å². The highest BCUT2D eigenvalue weighted by molar-refractivity contribution is 5.79. The zero-order valence-corrected chi connectivity index (χ0v) is 14.8. The van der Waals surface area contributed by atoms with Crippen LogP contribution in [0.5, 0.6) is 0 Å². The highest BCUT2D eigenvalue weighted by Gasteiger charge is 2.23. The van der Waals surface area contributed by atoms with Gasteiger partial charge < -0.3 is 19.7 Å². The molecule has 1 atom stereocenters. The van der Waals surface area contributed by atoms with Crippen molar-refractivity contribution in [3.8, 4) is 0 Å². The van der Waals surface area contributed by atoms with Crippen molar-refractivity contribution in [1.29, 1.82) is 0 Å².